The fraction of sp³-hybridized carbons (Fsp3) is 0.429. The van der Waals surface area contributed by atoms with Crippen molar-refractivity contribution >= 4 is 11.9 Å². The zero-order chi connectivity index (χ0) is 17.7. The van der Waals surface area contributed by atoms with E-state index in [1.165, 1.54) is 26.2 Å². The van der Waals surface area contributed by atoms with Crippen LogP contribution < -0.4 is 10.1 Å². The average molecular weight is 335 g/mol. The molecule has 1 aromatic rings. The third-order valence-corrected chi connectivity index (χ3v) is 2.82. The smallest absolute Gasteiger partial charge is 0.479 e. The predicted molar refractivity (Wildman–Crippen MR) is 72.9 cm³/mol. The Morgan fingerprint density at radius 3 is 2.48 bits per heavy atom. The van der Waals surface area contributed by atoms with Gasteiger partial charge in [0.05, 0.1) is 13.0 Å². The van der Waals surface area contributed by atoms with Crippen LogP contribution in [0.3, 0.4) is 0 Å². The Kier molecular flexibility index (Phi) is 5.97. The number of alkyl halides is 3. The number of nitrogens with one attached hydrogen (secondary N) is 1. The topological polar surface area (TPSA) is 84.9 Å². The number of aliphatic carboxylic acids is 1. The number of ether oxygens (including phenoxy) is 2. The van der Waals surface area contributed by atoms with Gasteiger partial charge in [-0.3, -0.25) is 4.79 Å². The molecule has 0 aliphatic carbocycles. The van der Waals surface area contributed by atoms with Crippen molar-refractivity contribution in [3.8, 4) is 5.75 Å². The molecule has 0 saturated carbocycles. The zero-order valence-corrected chi connectivity index (χ0v) is 12.4. The van der Waals surface area contributed by atoms with Crippen molar-refractivity contribution in [1.82, 2.24) is 5.32 Å². The summed E-state index contributed by atoms with van der Waals surface area (Å²) in [5, 5.41) is 11.4. The van der Waals surface area contributed by atoms with E-state index in [4.69, 9.17) is 9.84 Å². The monoisotopic (exact) mass is 335 g/mol. The van der Waals surface area contributed by atoms with E-state index in [1.54, 1.807) is 0 Å². The maximum absolute atomic E-state index is 12.2. The molecule has 0 spiro atoms. The fourth-order valence-electron chi connectivity index (χ4n) is 1.83. The number of carboxylic acid groups (broad SMARTS) is 1. The molecule has 9 heteroatoms. The van der Waals surface area contributed by atoms with Crippen LogP contribution in [-0.2, 0) is 20.7 Å². The minimum absolute atomic E-state index is 0.245. The maximum atomic E-state index is 12.2. The van der Waals surface area contributed by atoms with Gasteiger partial charge in [-0.1, -0.05) is 12.1 Å². The summed E-state index contributed by atoms with van der Waals surface area (Å²) in [6, 6.07) is 4.88. The first kappa shape index (κ1) is 18.8. The van der Waals surface area contributed by atoms with Gasteiger partial charge < -0.3 is 19.9 Å². The number of halogens is 3. The number of methoxy groups -OCH3 is 1. The van der Waals surface area contributed by atoms with Gasteiger partial charge in [-0.2, -0.15) is 0 Å². The Bertz CT molecular complexity index is 576. The van der Waals surface area contributed by atoms with Gasteiger partial charge >= 0.3 is 12.3 Å². The third-order valence-electron chi connectivity index (χ3n) is 2.82. The molecule has 0 aliphatic rings. The molecule has 1 amide bonds. The first-order valence-electron chi connectivity index (χ1n) is 6.44. The van der Waals surface area contributed by atoms with Crippen molar-refractivity contribution in [2.45, 2.75) is 25.2 Å². The number of rotatable bonds is 7. The number of carbonyl (C=O) groups is 2. The van der Waals surface area contributed by atoms with E-state index in [-0.39, 0.29) is 18.6 Å². The zero-order valence-electron chi connectivity index (χ0n) is 12.4. The second-order valence-corrected chi connectivity index (χ2v) is 4.99. The molecule has 2 N–H and O–H groups in total. The van der Waals surface area contributed by atoms with Gasteiger partial charge in [0.15, 0.2) is 5.54 Å². The number of hydrogen-bond donors (Lipinski definition) is 2. The Labute approximate surface area is 130 Å². The normalized spacial score (nSPS) is 14.0. The lowest BCUT2D eigenvalue weighted by atomic mass is 10.0. The third kappa shape index (κ3) is 6.15. The number of hydrogen-bond acceptors (Lipinski definition) is 4. The lowest BCUT2D eigenvalue weighted by Gasteiger charge is -2.25. The molecule has 0 bridgehead atoms. The largest absolute Gasteiger partial charge is 0.573 e. The van der Waals surface area contributed by atoms with Crippen molar-refractivity contribution in [2.24, 2.45) is 0 Å². The van der Waals surface area contributed by atoms with Crippen LogP contribution >= 0.6 is 0 Å². The van der Waals surface area contributed by atoms with E-state index < -0.39 is 29.5 Å². The standard InChI is InChI=1S/C14H16F3NO5/c1-13(8-22-2,12(20)21)18-11(19)7-9-4-3-5-10(6-9)23-14(15,16)17/h3-6H,7-8H2,1-2H3,(H,18,19)(H,20,21). The van der Waals surface area contributed by atoms with Crippen LogP contribution in [0.5, 0.6) is 5.75 Å². The lowest BCUT2D eigenvalue weighted by molar-refractivity contribution is -0.274. The molecule has 23 heavy (non-hydrogen) atoms. The first-order valence-corrected chi connectivity index (χ1v) is 6.44. The maximum Gasteiger partial charge on any atom is 0.573 e. The molecule has 1 unspecified atom stereocenters. The highest BCUT2D eigenvalue weighted by molar-refractivity contribution is 5.87. The van der Waals surface area contributed by atoms with Crippen molar-refractivity contribution in [1.29, 1.82) is 0 Å². The fourth-order valence-corrected chi connectivity index (χ4v) is 1.83. The highest BCUT2D eigenvalue weighted by Crippen LogP contribution is 2.23. The summed E-state index contributed by atoms with van der Waals surface area (Å²) in [5.74, 6) is -2.42. The Balaban J connectivity index is 2.77. The summed E-state index contributed by atoms with van der Waals surface area (Å²) in [7, 11) is 1.28. The summed E-state index contributed by atoms with van der Waals surface area (Å²) < 4.78 is 45.0. The van der Waals surface area contributed by atoms with Gasteiger partial charge in [-0.05, 0) is 24.6 Å². The summed E-state index contributed by atoms with van der Waals surface area (Å²) in [6.45, 7) is 1.01. The van der Waals surface area contributed by atoms with Crippen LogP contribution in [0, 0.1) is 0 Å². The molecule has 0 heterocycles. The summed E-state index contributed by atoms with van der Waals surface area (Å²) in [4.78, 5) is 23.1. The summed E-state index contributed by atoms with van der Waals surface area (Å²) in [5.41, 5.74) is -1.39. The van der Waals surface area contributed by atoms with Crippen LogP contribution in [0.4, 0.5) is 13.2 Å². The predicted octanol–water partition coefficient (Wildman–Crippen LogP) is 1.73. The molecule has 1 rings (SSSR count). The van der Waals surface area contributed by atoms with E-state index in [2.05, 4.69) is 10.1 Å². The highest BCUT2D eigenvalue weighted by Gasteiger charge is 2.35. The summed E-state index contributed by atoms with van der Waals surface area (Å²) in [6.07, 6.45) is -5.14. The summed E-state index contributed by atoms with van der Waals surface area (Å²) >= 11 is 0. The highest BCUT2D eigenvalue weighted by atomic mass is 19.4. The van der Waals surface area contributed by atoms with Gasteiger partial charge in [0, 0.05) is 7.11 Å². The first-order chi connectivity index (χ1) is 10.6. The van der Waals surface area contributed by atoms with Crippen LogP contribution in [0.25, 0.3) is 0 Å². The van der Waals surface area contributed by atoms with E-state index in [1.807, 2.05) is 0 Å². The van der Waals surface area contributed by atoms with Crippen molar-refractivity contribution in [2.75, 3.05) is 13.7 Å². The molecule has 128 valence electrons. The number of carbonyl (C=O) groups excluding carboxylic acids is 1. The van der Waals surface area contributed by atoms with Gasteiger partial charge in [0.1, 0.15) is 5.75 Å². The molecule has 0 aromatic heterocycles. The Morgan fingerprint density at radius 1 is 1.30 bits per heavy atom. The second kappa shape index (κ2) is 7.32. The molecule has 1 aromatic carbocycles. The van der Waals surface area contributed by atoms with E-state index in [0.717, 1.165) is 12.1 Å². The average Bonchev–Trinajstić information content (AvgIpc) is 2.36. The van der Waals surface area contributed by atoms with E-state index in [9.17, 15) is 22.8 Å². The molecular weight excluding hydrogens is 319 g/mol. The van der Waals surface area contributed by atoms with E-state index >= 15 is 0 Å². The van der Waals surface area contributed by atoms with Gasteiger partial charge in [-0.25, -0.2) is 4.79 Å². The Hall–Kier alpha value is -2.29. The van der Waals surface area contributed by atoms with Crippen LogP contribution in [0.15, 0.2) is 24.3 Å². The van der Waals surface area contributed by atoms with Gasteiger partial charge in [0.2, 0.25) is 5.91 Å². The minimum Gasteiger partial charge on any atom is -0.479 e. The SMILES string of the molecule is COCC(C)(NC(=O)Cc1cccc(OC(F)(F)F)c1)C(=O)O. The van der Waals surface area contributed by atoms with Crippen molar-refractivity contribution < 1.29 is 37.3 Å². The molecule has 6 nitrogen and oxygen atoms in total. The van der Waals surface area contributed by atoms with Crippen molar-refractivity contribution in [3.05, 3.63) is 29.8 Å². The second-order valence-electron chi connectivity index (χ2n) is 4.99. The Morgan fingerprint density at radius 2 is 1.96 bits per heavy atom. The quantitative estimate of drug-likeness (QED) is 0.793. The van der Waals surface area contributed by atoms with Crippen molar-refractivity contribution in [3.63, 3.8) is 0 Å². The van der Waals surface area contributed by atoms with Crippen LogP contribution in [0.2, 0.25) is 0 Å². The molecule has 0 fully saturated rings. The van der Waals surface area contributed by atoms with Crippen LogP contribution in [-0.4, -0.2) is 42.6 Å². The van der Waals surface area contributed by atoms with Gasteiger partial charge in [0.25, 0.3) is 0 Å². The molecular formula is C14H16F3NO5. The van der Waals surface area contributed by atoms with Gasteiger partial charge in [-0.15, -0.1) is 13.2 Å². The number of benzene rings is 1. The number of carboxylic acids is 1. The lowest BCUT2D eigenvalue weighted by Crippen LogP contribution is -2.55. The van der Waals surface area contributed by atoms with E-state index in [0.29, 0.717) is 0 Å². The molecule has 0 radical (unpaired) electrons. The molecule has 0 saturated heterocycles. The minimum atomic E-state index is -4.83. The molecule has 0 aliphatic heterocycles. The number of amides is 1. The molecule has 1 atom stereocenters. The van der Waals surface area contributed by atoms with Crippen LogP contribution in [0.1, 0.15) is 12.5 Å².